The van der Waals surface area contributed by atoms with Crippen molar-refractivity contribution in [2.45, 2.75) is 96.3 Å². The number of hydrogen-bond acceptors (Lipinski definition) is 3. The summed E-state index contributed by atoms with van der Waals surface area (Å²) in [6.45, 7) is 4.30. The fourth-order valence-electron chi connectivity index (χ4n) is 6.70. The maximum atomic E-state index is 12.2. The summed E-state index contributed by atoms with van der Waals surface area (Å²) in [5.74, 6) is -1.01. The molecule has 0 amide bonds. The summed E-state index contributed by atoms with van der Waals surface area (Å²) in [5, 5.41) is 29.8. The molecule has 0 heterocycles. The number of carboxylic acid groups (broad SMARTS) is 1. The van der Waals surface area contributed by atoms with Crippen molar-refractivity contribution in [3.05, 3.63) is 58.1 Å². The number of aromatic carboxylic acids is 1. The van der Waals surface area contributed by atoms with E-state index < -0.39 is 5.97 Å². The highest BCUT2D eigenvalue weighted by molar-refractivity contribution is 5.97. The molecule has 3 aliphatic carbocycles. The standard InChI is InChI=1S/C31H36N2O2/c1-3-5-6-12-30-13-16-31(17-14-30,18-15-30)23-9-11-25(29(34)35)26(19-23)24-10-8-22(7-4-2)27(20-32)28(24)21-33/h8-11,19H,3-7,12-18H2,1-2H3,(H,34,35). The number of carbonyl (C=O) groups is 1. The Morgan fingerprint density at radius 1 is 0.886 bits per heavy atom. The highest BCUT2D eigenvalue weighted by Gasteiger charge is 2.48. The summed E-state index contributed by atoms with van der Waals surface area (Å²) in [6, 6.07) is 13.9. The van der Waals surface area contributed by atoms with Crippen LogP contribution in [0.25, 0.3) is 11.1 Å². The Hall–Kier alpha value is -3.11. The van der Waals surface area contributed by atoms with Gasteiger partial charge in [-0.25, -0.2) is 4.79 Å². The van der Waals surface area contributed by atoms with Crippen LogP contribution in [0, 0.1) is 28.1 Å². The number of carboxylic acids is 1. The van der Waals surface area contributed by atoms with E-state index in [2.05, 4.69) is 19.1 Å². The van der Waals surface area contributed by atoms with Gasteiger partial charge in [-0.05, 0) is 91.0 Å². The molecule has 0 aliphatic heterocycles. The maximum absolute atomic E-state index is 12.2. The number of hydrogen-bond donors (Lipinski definition) is 1. The molecule has 2 aromatic carbocycles. The van der Waals surface area contributed by atoms with Gasteiger partial charge in [-0.3, -0.25) is 0 Å². The molecule has 0 spiro atoms. The van der Waals surface area contributed by atoms with Crippen molar-refractivity contribution in [3.8, 4) is 23.3 Å². The molecule has 3 aliphatic rings. The first-order valence-corrected chi connectivity index (χ1v) is 13.3. The van der Waals surface area contributed by atoms with E-state index in [0.29, 0.717) is 28.5 Å². The summed E-state index contributed by atoms with van der Waals surface area (Å²) in [7, 11) is 0. The fraction of sp³-hybridized carbons (Fsp3) is 0.516. The largest absolute Gasteiger partial charge is 0.478 e. The Balaban J connectivity index is 1.74. The number of rotatable bonds is 9. The second kappa shape index (κ2) is 10.2. The van der Waals surface area contributed by atoms with Crippen LogP contribution in [0.4, 0.5) is 0 Å². The molecule has 0 aromatic heterocycles. The average Bonchev–Trinajstić information content (AvgIpc) is 2.89. The summed E-state index contributed by atoms with van der Waals surface area (Å²) in [4.78, 5) is 12.2. The van der Waals surface area contributed by atoms with Crippen LogP contribution in [0.2, 0.25) is 0 Å². The summed E-state index contributed by atoms with van der Waals surface area (Å²) in [5.41, 5.74) is 4.61. The van der Waals surface area contributed by atoms with Crippen molar-refractivity contribution < 1.29 is 9.90 Å². The van der Waals surface area contributed by atoms with Crippen molar-refractivity contribution in [2.24, 2.45) is 5.41 Å². The van der Waals surface area contributed by atoms with Gasteiger partial charge >= 0.3 is 5.97 Å². The minimum atomic E-state index is -1.01. The zero-order valence-electron chi connectivity index (χ0n) is 21.1. The van der Waals surface area contributed by atoms with Gasteiger partial charge in [-0.15, -0.1) is 0 Å². The summed E-state index contributed by atoms with van der Waals surface area (Å²) >= 11 is 0. The number of unbranched alkanes of at least 4 members (excludes halogenated alkanes) is 2. The van der Waals surface area contributed by atoms with E-state index in [4.69, 9.17) is 0 Å². The zero-order chi connectivity index (χ0) is 25.1. The first-order chi connectivity index (χ1) is 16.9. The lowest BCUT2D eigenvalue weighted by molar-refractivity contribution is 0.0305. The summed E-state index contributed by atoms with van der Waals surface area (Å²) < 4.78 is 0. The molecule has 3 saturated carbocycles. The molecule has 0 radical (unpaired) electrons. The minimum absolute atomic E-state index is 0.0886. The predicted octanol–water partition coefficient (Wildman–Crippen LogP) is 7.92. The van der Waals surface area contributed by atoms with Crippen molar-refractivity contribution in [3.63, 3.8) is 0 Å². The smallest absolute Gasteiger partial charge is 0.336 e. The normalized spacial score (nSPS) is 23.0. The number of nitrogens with zero attached hydrogens (tertiary/aromatic N) is 2. The monoisotopic (exact) mass is 468 g/mol. The van der Waals surface area contributed by atoms with Gasteiger partial charge in [0, 0.05) is 5.56 Å². The second-order valence-electron chi connectivity index (χ2n) is 10.8. The molecule has 1 N–H and O–H groups in total. The van der Waals surface area contributed by atoms with Gasteiger partial charge in [0.25, 0.3) is 0 Å². The quantitative estimate of drug-likeness (QED) is 0.379. The van der Waals surface area contributed by atoms with Crippen LogP contribution in [0.5, 0.6) is 0 Å². The molecule has 2 aromatic rings. The van der Waals surface area contributed by atoms with E-state index in [0.717, 1.165) is 31.2 Å². The molecule has 182 valence electrons. The van der Waals surface area contributed by atoms with Gasteiger partial charge in [0.2, 0.25) is 0 Å². The van der Waals surface area contributed by atoms with Gasteiger partial charge in [0.15, 0.2) is 0 Å². The zero-order valence-corrected chi connectivity index (χ0v) is 21.1. The lowest BCUT2D eigenvalue weighted by Crippen LogP contribution is -2.44. The van der Waals surface area contributed by atoms with Gasteiger partial charge < -0.3 is 5.11 Å². The number of fused-ring (bicyclic) bond motifs is 3. The summed E-state index contributed by atoms with van der Waals surface area (Å²) in [6.07, 6.45) is 14.0. The molecule has 35 heavy (non-hydrogen) atoms. The molecule has 0 saturated heterocycles. The van der Waals surface area contributed by atoms with Crippen LogP contribution in [0.3, 0.4) is 0 Å². The molecular weight excluding hydrogens is 432 g/mol. The number of nitriles is 2. The Labute approximate surface area is 209 Å². The SMILES string of the molecule is CCCCCC12CCC(c3ccc(C(=O)O)c(-c4ccc(CCC)c(C#N)c4C#N)c3)(CC1)CC2. The maximum Gasteiger partial charge on any atom is 0.336 e. The van der Waals surface area contributed by atoms with E-state index in [1.807, 2.05) is 31.2 Å². The molecule has 4 nitrogen and oxygen atoms in total. The van der Waals surface area contributed by atoms with E-state index in [-0.39, 0.29) is 16.5 Å². The molecule has 4 heteroatoms. The molecule has 0 unspecified atom stereocenters. The third-order valence-electron chi connectivity index (χ3n) is 8.90. The lowest BCUT2D eigenvalue weighted by Gasteiger charge is -2.54. The molecule has 0 atom stereocenters. The van der Waals surface area contributed by atoms with Crippen LogP contribution in [0.1, 0.15) is 117 Å². The van der Waals surface area contributed by atoms with Crippen molar-refractivity contribution in [2.75, 3.05) is 0 Å². The molecule has 2 bridgehead atoms. The molecule has 3 fully saturated rings. The van der Waals surface area contributed by atoms with Gasteiger partial charge in [0.1, 0.15) is 12.1 Å². The number of aryl methyl sites for hydroxylation is 1. The van der Waals surface area contributed by atoms with Crippen LogP contribution in [-0.2, 0) is 11.8 Å². The van der Waals surface area contributed by atoms with Crippen molar-refractivity contribution >= 4 is 5.97 Å². The predicted molar refractivity (Wildman–Crippen MR) is 138 cm³/mol. The third-order valence-corrected chi connectivity index (χ3v) is 8.90. The van der Waals surface area contributed by atoms with Crippen LogP contribution in [-0.4, -0.2) is 11.1 Å². The Morgan fingerprint density at radius 2 is 1.57 bits per heavy atom. The first kappa shape index (κ1) is 25.0. The van der Waals surface area contributed by atoms with Crippen LogP contribution < -0.4 is 0 Å². The average molecular weight is 469 g/mol. The first-order valence-electron chi connectivity index (χ1n) is 13.3. The fourth-order valence-corrected chi connectivity index (χ4v) is 6.70. The Bertz CT molecular complexity index is 1170. The van der Waals surface area contributed by atoms with Gasteiger partial charge in [0.05, 0.1) is 16.7 Å². The topological polar surface area (TPSA) is 84.9 Å². The third kappa shape index (κ3) is 4.60. The van der Waals surface area contributed by atoms with Crippen LogP contribution in [0.15, 0.2) is 30.3 Å². The Morgan fingerprint density at radius 3 is 2.14 bits per heavy atom. The number of benzene rings is 2. The second-order valence-corrected chi connectivity index (χ2v) is 10.8. The van der Waals surface area contributed by atoms with E-state index in [1.165, 1.54) is 50.5 Å². The van der Waals surface area contributed by atoms with E-state index >= 15 is 0 Å². The highest BCUT2D eigenvalue weighted by atomic mass is 16.4. The lowest BCUT2D eigenvalue weighted by atomic mass is 9.51. The van der Waals surface area contributed by atoms with Crippen molar-refractivity contribution in [1.82, 2.24) is 0 Å². The van der Waals surface area contributed by atoms with E-state index in [1.54, 1.807) is 6.07 Å². The van der Waals surface area contributed by atoms with Crippen LogP contribution >= 0.6 is 0 Å². The Kier molecular flexibility index (Phi) is 7.32. The van der Waals surface area contributed by atoms with Gasteiger partial charge in [-0.2, -0.15) is 10.5 Å². The van der Waals surface area contributed by atoms with E-state index in [9.17, 15) is 20.4 Å². The van der Waals surface area contributed by atoms with Gasteiger partial charge in [-0.1, -0.05) is 57.7 Å². The molecule has 5 rings (SSSR count). The van der Waals surface area contributed by atoms with Crippen molar-refractivity contribution in [1.29, 1.82) is 10.5 Å². The molecular formula is C31H36N2O2. The minimum Gasteiger partial charge on any atom is -0.478 e. The highest BCUT2D eigenvalue weighted by Crippen LogP contribution is 2.59.